The van der Waals surface area contributed by atoms with E-state index >= 15 is 0 Å². The molecule has 0 unspecified atom stereocenters. The number of aromatic amines is 2. The van der Waals surface area contributed by atoms with E-state index in [1.165, 1.54) is 12.8 Å². The van der Waals surface area contributed by atoms with Crippen molar-refractivity contribution in [2.75, 3.05) is 7.11 Å². The summed E-state index contributed by atoms with van der Waals surface area (Å²) in [6, 6.07) is 7.64. The molecule has 0 spiro atoms. The Hall–Kier alpha value is -2.76. The van der Waals surface area contributed by atoms with Crippen LogP contribution in [0.15, 0.2) is 35.3 Å². The molecule has 1 aromatic carbocycles. The van der Waals surface area contributed by atoms with Crippen molar-refractivity contribution in [1.29, 1.82) is 0 Å². The lowest BCUT2D eigenvalue weighted by Gasteiger charge is -2.16. The van der Waals surface area contributed by atoms with Gasteiger partial charge in [0.05, 0.1) is 30.3 Å². The number of methoxy groups -OCH3 is 1. The molecule has 0 bridgehead atoms. The molecule has 4 rings (SSSR count). The van der Waals surface area contributed by atoms with Crippen LogP contribution in [0.25, 0.3) is 22.2 Å². The van der Waals surface area contributed by atoms with Crippen molar-refractivity contribution >= 4 is 10.9 Å². The molecule has 2 aromatic heterocycles. The maximum atomic E-state index is 11.8. The van der Waals surface area contributed by atoms with E-state index in [-0.39, 0.29) is 11.7 Å². The summed E-state index contributed by atoms with van der Waals surface area (Å²) in [7, 11) is 1.64. The molecule has 1 fully saturated rings. The minimum atomic E-state index is -0.203. The second-order valence-electron chi connectivity index (χ2n) is 6.10. The molecule has 2 N–H and O–H groups in total. The first kappa shape index (κ1) is 14.8. The van der Waals surface area contributed by atoms with Crippen molar-refractivity contribution in [3.63, 3.8) is 0 Å². The second-order valence-corrected chi connectivity index (χ2v) is 6.10. The molecule has 124 valence electrons. The van der Waals surface area contributed by atoms with Crippen molar-refractivity contribution in [3.8, 4) is 22.8 Å². The van der Waals surface area contributed by atoms with Crippen LogP contribution in [0.2, 0.25) is 0 Å². The molecule has 0 saturated heterocycles. The summed E-state index contributed by atoms with van der Waals surface area (Å²) >= 11 is 0. The van der Waals surface area contributed by atoms with E-state index in [0.717, 1.165) is 35.6 Å². The third kappa shape index (κ3) is 2.64. The molecule has 1 aliphatic rings. The Kier molecular flexibility index (Phi) is 3.72. The van der Waals surface area contributed by atoms with Crippen LogP contribution in [0.1, 0.15) is 25.7 Å². The number of hydrogen-bond acceptors (Lipinski definition) is 4. The molecule has 24 heavy (non-hydrogen) atoms. The van der Waals surface area contributed by atoms with Crippen molar-refractivity contribution in [2.24, 2.45) is 0 Å². The SMILES string of the molecule is COc1ccc(-c2cc3c(=O)[nH]ncc3[nH]2)cc1OC1CCCC1. The average Bonchev–Trinajstić information content (AvgIpc) is 3.25. The molecule has 0 radical (unpaired) electrons. The summed E-state index contributed by atoms with van der Waals surface area (Å²) < 4.78 is 11.6. The first-order chi connectivity index (χ1) is 11.7. The van der Waals surface area contributed by atoms with E-state index < -0.39 is 0 Å². The number of H-pyrrole nitrogens is 2. The van der Waals surface area contributed by atoms with E-state index in [1.54, 1.807) is 13.3 Å². The smallest absolute Gasteiger partial charge is 0.273 e. The molecule has 6 heteroatoms. The van der Waals surface area contributed by atoms with Gasteiger partial charge < -0.3 is 14.5 Å². The number of rotatable bonds is 4. The molecular weight excluding hydrogens is 306 g/mol. The summed E-state index contributed by atoms with van der Waals surface area (Å²) in [5.74, 6) is 1.47. The van der Waals surface area contributed by atoms with Gasteiger partial charge in [0, 0.05) is 11.3 Å². The van der Waals surface area contributed by atoms with Gasteiger partial charge in [-0.2, -0.15) is 5.10 Å². The average molecular weight is 325 g/mol. The van der Waals surface area contributed by atoms with Gasteiger partial charge in [0.15, 0.2) is 11.5 Å². The first-order valence-electron chi connectivity index (χ1n) is 8.16. The van der Waals surface area contributed by atoms with Crippen LogP contribution in [0.4, 0.5) is 0 Å². The highest BCUT2D eigenvalue weighted by Gasteiger charge is 2.19. The maximum Gasteiger partial charge on any atom is 0.273 e. The number of nitrogens with one attached hydrogen (secondary N) is 2. The van der Waals surface area contributed by atoms with Crippen LogP contribution in [-0.4, -0.2) is 28.4 Å². The fourth-order valence-electron chi connectivity index (χ4n) is 3.25. The zero-order valence-electron chi connectivity index (χ0n) is 13.5. The Bertz CT molecular complexity index is 923. The zero-order chi connectivity index (χ0) is 16.5. The quantitative estimate of drug-likeness (QED) is 0.771. The fourth-order valence-corrected chi connectivity index (χ4v) is 3.25. The lowest BCUT2D eigenvalue weighted by atomic mass is 10.1. The van der Waals surface area contributed by atoms with E-state index in [9.17, 15) is 4.79 Å². The fraction of sp³-hybridized carbons (Fsp3) is 0.333. The van der Waals surface area contributed by atoms with Crippen LogP contribution in [-0.2, 0) is 0 Å². The van der Waals surface area contributed by atoms with Gasteiger partial charge >= 0.3 is 0 Å². The van der Waals surface area contributed by atoms with Crippen molar-refractivity contribution < 1.29 is 9.47 Å². The Labute approximate surface area is 138 Å². The minimum Gasteiger partial charge on any atom is -0.493 e. The van der Waals surface area contributed by atoms with Crippen LogP contribution in [0.5, 0.6) is 11.5 Å². The maximum absolute atomic E-state index is 11.8. The molecule has 0 amide bonds. The van der Waals surface area contributed by atoms with Gasteiger partial charge in [-0.3, -0.25) is 4.79 Å². The predicted molar refractivity (Wildman–Crippen MR) is 91.6 cm³/mol. The van der Waals surface area contributed by atoms with E-state index in [0.29, 0.717) is 10.9 Å². The van der Waals surface area contributed by atoms with Crippen molar-refractivity contribution in [2.45, 2.75) is 31.8 Å². The molecule has 0 aliphatic heterocycles. The Morgan fingerprint density at radius 1 is 1.17 bits per heavy atom. The number of benzene rings is 1. The highest BCUT2D eigenvalue weighted by atomic mass is 16.5. The third-order valence-electron chi connectivity index (χ3n) is 4.52. The Morgan fingerprint density at radius 2 is 2.00 bits per heavy atom. The summed E-state index contributed by atoms with van der Waals surface area (Å²) in [6.45, 7) is 0. The summed E-state index contributed by atoms with van der Waals surface area (Å²) in [6.07, 6.45) is 6.46. The third-order valence-corrected chi connectivity index (χ3v) is 4.52. The highest BCUT2D eigenvalue weighted by molar-refractivity contribution is 5.84. The summed E-state index contributed by atoms with van der Waals surface area (Å²) in [5.41, 5.74) is 2.30. The number of hydrogen-bond donors (Lipinski definition) is 2. The Morgan fingerprint density at radius 3 is 2.75 bits per heavy atom. The minimum absolute atomic E-state index is 0.203. The molecular formula is C18H19N3O3. The Balaban J connectivity index is 1.73. The lowest BCUT2D eigenvalue weighted by molar-refractivity contribution is 0.201. The molecule has 6 nitrogen and oxygen atoms in total. The number of aromatic nitrogens is 3. The monoisotopic (exact) mass is 325 g/mol. The van der Waals surface area contributed by atoms with Gasteiger partial charge in [-0.05, 0) is 49.9 Å². The molecule has 3 aromatic rings. The highest BCUT2D eigenvalue weighted by Crippen LogP contribution is 2.35. The summed E-state index contributed by atoms with van der Waals surface area (Å²) in [4.78, 5) is 15.1. The van der Waals surface area contributed by atoms with Crippen LogP contribution in [0, 0.1) is 0 Å². The van der Waals surface area contributed by atoms with Crippen LogP contribution >= 0.6 is 0 Å². The first-order valence-corrected chi connectivity index (χ1v) is 8.16. The number of nitrogens with zero attached hydrogens (tertiary/aromatic N) is 1. The lowest BCUT2D eigenvalue weighted by Crippen LogP contribution is -2.11. The molecule has 2 heterocycles. The largest absolute Gasteiger partial charge is 0.493 e. The normalized spacial score (nSPS) is 15.0. The molecule has 1 saturated carbocycles. The van der Waals surface area contributed by atoms with E-state index in [1.807, 2.05) is 24.3 Å². The van der Waals surface area contributed by atoms with E-state index in [4.69, 9.17) is 9.47 Å². The topological polar surface area (TPSA) is 80.0 Å². The van der Waals surface area contributed by atoms with Crippen molar-refractivity contribution in [1.82, 2.24) is 15.2 Å². The second kappa shape index (κ2) is 6.03. The van der Waals surface area contributed by atoms with Crippen molar-refractivity contribution in [3.05, 3.63) is 40.8 Å². The molecule has 1 aliphatic carbocycles. The number of ether oxygens (including phenoxy) is 2. The van der Waals surface area contributed by atoms with Crippen LogP contribution in [0.3, 0.4) is 0 Å². The van der Waals surface area contributed by atoms with Gasteiger partial charge in [0.1, 0.15) is 0 Å². The number of fused-ring (bicyclic) bond motifs is 1. The van der Waals surface area contributed by atoms with Gasteiger partial charge in [-0.15, -0.1) is 0 Å². The standard InChI is InChI=1S/C18H19N3O3/c1-23-16-7-6-11(8-17(16)24-12-4-2-3-5-12)14-9-13-15(20-14)10-19-21-18(13)22/h6-10,12,20H,2-5H2,1H3,(H,21,22). The van der Waals surface area contributed by atoms with E-state index in [2.05, 4.69) is 15.2 Å². The summed E-state index contributed by atoms with van der Waals surface area (Å²) in [5, 5.41) is 6.86. The van der Waals surface area contributed by atoms with Gasteiger partial charge in [-0.25, -0.2) is 5.10 Å². The van der Waals surface area contributed by atoms with Gasteiger partial charge in [0.2, 0.25) is 0 Å². The van der Waals surface area contributed by atoms with Gasteiger partial charge in [0.25, 0.3) is 5.56 Å². The molecule has 0 atom stereocenters. The zero-order valence-corrected chi connectivity index (χ0v) is 13.5. The van der Waals surface area contributed by atoms with Gasteiger partial charge in [-0.1, -0.05) is 0 Å². The van der Waals surface area contributed by atoms with Crippen LogP contribution < -0.4 is 15.0 Å². The predicted octanol–water partition coefficient (Wildman–Crippen LogP) is 3.25.